The summed E-state index contributed by atoms with van der Waals surface area (Å²) in [7, 11) is -8.52. The molecule has 6 heterocycles. The highest BCUT2D eigenvalue weighted by molar-refractivity contribution is 7.93. The summed E-state index contributed by atoms with van der Waals surface area (Å²) < 4.78 is 89.4. The molecule has 0 bridgehead atoms. The quantitative estimate of drug-likeness (QED) is 0.0865. The van der Waals surface area contributed by atoms with E-state index in [-0.39, 0.29) is 27.3 Å². The summed E-state index contributed by atoms with van der Waals surface area (Å²) in [6.45, 7) is 12.7. The molecule has 1 unspecified atom stereocenters. The predicted molar refractivity (Wildman–Crippen MR) is 275 cm³/mol. The zero-order chi connectivity index (χ0) is 52.1. The normalized spacial score (nSPS) is 12.5. The Labute approximate surface area is 426 Å². The van der Waals surface area contributed by atoms with E-state index in [9.17, 15) is 21.2 Å². The number of halogens is 1. The molecule has 21 heteroatoms. The van der Waals surface area contributed by atoms with Crippen molar-refractivity contribution in [2.45, 2.75) is 96.3 Å². The fourth-order valence-corrected chi connectivity index (χ4v) is 11.7. The van der Waals surface area contributed by atoms with Crippen LogP contribution in [0.3, 0.4) is 0 Å². The zero-order valence-corrected chi connectivity index (χ0v) is 43.2. The Morgan fingerprint density at radius 3 is 1.73 bits per heavy atom. The van der Waals surface area contributed by atoms with Crippen molar-refractivity contribution in [2.24, 2.45) is 0 Å². The highest BCUT2D eigenvalue weighted by Crippen LogP contribution is 2.36. The van der Waals surface area contributed by atoms with Crippen LogP contribution in [0, 0.1) is 40.4 Å². The topological polar surface area (TPSA) is 231 Å². The molecule has 0 saturated carbocycles. The molecule has 10 aromatic rings. The van der Waals surface area contributed by atoms with Gasteiger partial charge in [-0.05, 0) is 93.3 Å². The van der Waals surface area contributed by atoms with Crippen LogP contribution in [0.2, 0.25) is 0 Å². The molecule has 0 amide bonds. The summed E-state index contributed by atoms with van der Waals surface area (Å²) in [5, 5.41) is 16.4. The number of aromatic nitrogens is 10. The van der Waals surface area contributed by atoms with E-state index in [1.165, 1.54) is 19.3 Å². The molecular weight excluding hydrogens is 984 g/mol. The van der Waals surface area contributed by atoms with Crippen LogP contribution in [0.5, 0.6) is 0 Å². The van der Waals surface area contributed by atoms with Gasteiger partial charge < -0.3 is 9.05 Å². The number of aryl methyl sites for hydroxylation is 5. The summed E-state index contributed by atoms with van der Waals surface area (Å²) in [5.74, 6) is 0.199. The number of hydrogen-bond donors (Lipinski definition) is 2. The Morgan fingerprint density at radius 1 is 0.635 bits per heavy atom. The summed E-state index contributed by atoms with van der Waals surface area (Å²) in [6, 6.07) is 27.2. The molecule has 2 N–H and O–H groups in total. The minimum Gasteiger partial charge on any atom is -0.359 e. The van der Waals surface area contributed by atoms with Crippen molar-refractivity contribution in [3.8, 4) is 22.3 Å². The van der Waals surface area contributed by atoms with Gasteiger partial charge in [0.25, 0.3) is 20.0 Å². The Hall–Kier alpha value is -8.17. The largest absolute Gasteiger partial charge is 0.359 e. The third-order valence-electron chi connectivity index (χ3n) is 13.3. The first-order valence-corrected chi connectivity index (χ1v) is 26.8. The highest BCUT2D eigenvalue weighted by Gasteiger charge is 2.27. The van der Waals surface area contributed by atoms with E-state index in [0.29, 0.717) is 64.3 Å². The van der Waals surface area contributed by atoms with Crippen molar-refractivity contribution in [2.75, 3.05) is 9.44 Å². The molecular formula is C53H51FN12O6S2. The van der Waals surface area contributed by atoms with Crippen molar-refractivity contribution in [3.63, 3.8) is 0 Å². The molecule has 1 atom stereocenters. The Balaban J connectivity index is 0.958. The number of nitrogens with zero attached hydrogens (tertiary/aromatic N) is 10. The van der Waals surface area contributed by atoms with Crippen LogP contribution in [0.25, 0.3) is 33.5 Å². The molecule has 0 fully saturated rings. The van der Waals surface area contributed by atoms with Gasteiger partial charge in [0.2, 0.25) is 11.6 Å². The zero-order valence-electron chi connectivity index (χ0n) is 41.5. The van der Waals surface area contributed by atoms with Crippen LogP contribution in [0.1, 0.15) is 94.1 Å². The maximum absolute atomic E-state index is 14.6. The monoisotopic (exact) mass is 1030 g/mol. The number of nitrogens with one attached hydrogen (secondary N) is 2. The van der Waals surface area contributed by atoms with E-state index in [1.807, 2.05) is 81.4 Å². The number of anilines is 2. The Kier molecular flexibility index (Phi) is 13.1. The SMILES string of the molecule is CCCc1nc(C)n2ncnc2c1Cc1ccc(-c2ccc(C(C)Cc3nc(C)n4ncnc4c3Cc3ccc(-c4ccccc4S(=O)(=O)Nc4noc(C)c4F)cc3)cc2S(=O)(=O)Nc2noc(C)c2C)cc1. The summed E-state index contributed by atoms with van der Waals surface area (Å²) >= 11 is 0. The summed E-state index contributed by atoms with van der Waals surface area (Å²) in [5.41, 5.74) is 10.4. The maximum atomic E-state index is 14.6. The van der Waals surface area contributed by atoms with E-state index >= 15 is 0 Å². The van der Waals surface area contributed by atoms with Crippen LogP contribution < -0.4 is 9.44 Å². The van der Waals surface area contributed by atoms with Gasteiger partial charge in [-0.15, -0.1) is 0 Å². The molecule has 0 saturated heterocycles. The minimum atomic E-state index is -4.27. The van der Waals surface area contributed by atoms with Crippen LogP contribution >= 0.6 is 0 Å². The number of sulfonamides is 2. The second-order valence-corrected chi connectivity index (χ2v) is 21.6. The second-order valence-electron chi connectivity index (χ2n) is 18.3. The first-order chi connectivity index (χ1) is 35.5. The van der Waals surface area contributed by atoms with Gasteiger partial charge in [-0.1, -0.05) is 109 Å². The average Bonchev–Trinajstić information content (AvgIpc) is 4.22. The molecule has 10 rings (SSSR count). The average molecular weight is 1040 g/mol. The Bertz CT molecular complexity index is 3980. The fraction of sp³-hybridized carbons (Fsp3) is 0.245. The number of hydrogen-bond acceptors (Lipinski definition) is 14. The van der Waals surface area contributed by atoms with E-state index in [4.69, 9.17) is 19.0 Å². The number of fused-ring (bicyclic) bond motifs is 2. The third kappa shape index (κ3) is 9.50. The van der Waals surface area contributed by atoms with Gasteiger partial charge in [-0.25, -0.2) is 36.8 Å². The van der Waals surface area contributed by atoms with Crippen LogP contribution in [-0.2, 0) is 45.7 Å². The minimum absolute atomic E-state index is 0.0655. The van der Waals surface area contributed by atoms with E-state index in [0.717, 1.165) is 63.5 Å². The van der Waals surface area contributed by atoms with Gasteiger partial charge in [-0.2, -0.15) is 23.6 Å². The molecule has 0 aliphatic heterocycles. The van der Waals surface area contributed by atoms with Crippen LogP contribution in [-0.4, -0.2) is 66.3 Å². The van der Waals surface area contributed by atoms with E-state index in [1.54, 1.807) is 53.5 Å². The van der Waals surface area contributed by atoms with Crippen molar-refractivity contribution >= 4 is 43.0 Å². The van der Waals surface area contributed by atoms with Crippen molar-refractivity contribution < 1.29 is 30.3 Å². The van der Waals surface area contributed by atoms with Crippen molar-refractivity contribution in [1.29, 1.82) is 0 Å². The number of benzene rings is 4. The fourth-order valence-electron chi connectivity index (χ4n) is 9.19. The molecule has 0 aliphatic carbocycles. The smallest absolute Gasteiger partial charge is 0.263 e. The van der Waals surface area contributed by atoms with Gasteiger partial charge in [0, 0.05) is 46.4 Å². The van der Waals surface area contributed by atoms with Gasteiger partial charge in [-0.3, -0.25) is 9.44 Å². The highest BCUT2D eigenvalue weighted by atomic mass is 32.2. The van der Waals surface area contributed by atoms with Crippen molar-refractivity contribution in [1.82, 2.24) is 49.5 Å². The van der Waals surface area contributed by atoms with E-state index < -0.39 is 31.7 Å². The van der Waals surface area contributed by atoms with Gasteiger partial charge in [0.15, 0.2) is 22.9 Å². The summed E-state index contributed by atoms with van der Waals surface area (Å²) in [6.07, 6.45) is 6.11. The summed E-state index contributed by atoms with van der Waals surface area (Å²) in [4.78, 5) is 19.1. The molecule has 0 radical (unpaired) electrons. The molecule has 74 heavy (non-hydrogen) atoms. The first kappa shape index (κ1) is 49.4. The maximum Gasteiger partial charge on any atom is 0.263 e. The van der Waals surface area contributed by atoms with Crippen molar-refractivity contribution in [3.05, 3.63) is 177 Å². The second kappa shape index (κ2) is 19.7. The third-order valence-corrected chi connectivity index (χ3v) is 16.0. The molecule has 378 valence electrons. The molecule has 18 nitrogen and oxygen atoms in total. The standard InChI is InChI=1S/C53H51FN12O6S2/c1-8-11-45-43(52-55-28-57-65(52)34(6)59-45)25-36-16-20-39(21-17-36)42-23-22-40(27-48(42)74(69,70)63-50-31(3)32(4)71-61-50)30(2)24-46-44(53-56-29-58-66(53)35(7)60-46)26-37-14-18-38(19-15-37)41-12-9-10-13-47(41)73(67,68)64-51-49(54)33(5)72-62-51/h9-10,12-23,27-30H,8,11,24-26H2,1-7H3,(H,61,63)(H,62,64). The lowest BCUT2D eigenvalue weighted by Crippen LogP contribution is -2.16. The molecule has 0 spiro atoms. The lowest BCUT2D eigenvalue weighted by atomic mass is 9.91. The molecule has 4 aromatic carbocycles. The number of rotatable bonds is 17. The van der Waals surface area contributed by atoms with Gasteiger partial charge in [0.05, 0.1) is 15.5 Å². The predicted octanol–water partition coefficient (Wildman–Crippen LogP) is 9.64. The lowest BCUT2D eigenvalue weighted by Gasteiger charge is -2.19. The van der Waals surface area contributed by atoms with E-state index in [2.05, 4.69) is 46.8 Å². The van der Waals surface area contributed by atoms with Gasteiger partial charge >= 0.3 is 0 Å². The Morgan fingerprint density at radius 2 is 1.16 bits per heavy atom. The first-order valence-electron chi connectivity index (χ1n) is 23.9. The van der Waals surface area contributed by atoms with Gasteiger partial charge in [0.1, 0.15) is 30.1 Å². The van der Waals surface area contributed by atoms with Crippen LogP contribution in [0.4, 0.5) is 16.0 Å². The molecule has 6 aromatic heterocycles. The molecule has 0 aliphatic rings. The van der Waals surface area contributed by atoms with Crippen LogP contribution in [0.15, 0.2) is 122 Å². The lowest BCUT2D eigenvalue weighted by molar-refractivity contribution is 0.390.